The van der Waals surface area contributed by atoms with Crippen LogP contribution >= 0.6 is 0 Å². The van der Waals surface area contributed by atoms with Gasteiger partial charge in [-0.25, -0.2) is 0 Å². The molecule has 1 atom stereocenters. The number of likely N-dealkylation sites (tertiary alicyclic amines) is 1. The van der Waals surface area contributed by atoms with Crippen molar-refractivity contribution in [1.29, 1.82) is 0 Å². The number of piperidine rings is 1. The summed E-state index contributed by atoms with van der Waals surface area (Å²) < 4.78 is 7.89. The number of rotatable bonds is 3. The second-order valence-corrected chi connectivity index (χ2v) is 6.89. The van der Waals surface area contributed by atoms with Crippen molar-refractivity contribution in [2.45, 2.75) is 38.6 Å². The van der Waals surface area contributed by atoms with Crippen molar-refractivity contribution in [3.63, 3.8) is 0 Å². The Balaban J connectivity index is 1.37. The van der Waals surface area contributed by atoms with E-state index >= 15 is 0 Å². The van der Waals surface area contributed by atoms with Gasteiger partial charge in [-0.05, 0) is 37.8 Å². The molecular formula is C19H24N4O2. The van der Waals surface area contributed by atoms with Crippen molar-refractivity contribution in [3.8, 4) is 5.75 Å². The molecule has 1 aromatic heterocycles. The molecule has 1 saturated heterocycles. The van der Waals surface area contributed by atoms with Crippen LogP contribution in [-0.4, -0.2) is 45.3 Å². The summed E-state index contributed by atoms with van der Waals surface area (Å²) in [6.07, 6.45) is 4.48. The van der Waals surface area contributed by atoms with Gasteiger partial charge >= 0.3 is 0 Å². The largest absolute Gasteiger partial charge is 0.492 e. The number of nitrogens with zero attached hydrogens (tertiary/aromatic N) is 4. The molecule has 132 valence electrons. The molecular weight excluding hydrogens is 316 g/mol. The lowest BCUT2D eigenvalue weighted by molar-refractivity contribution is -0.138. The first-order valence-electron chi connectivity index (χ1n) is 9.13. The highest BCUT2D eigenvalue weighted by Crippen LogP contribution is 2.30. The third kappa shape index (κ3) is 3.13. The fraction of sp³-hybridized carbons (Fsp3) is 0.526. The van der Waals surface area contributed by atoms with Crippen LogP contribution in [0.25, 0.3) is 0 Å². The fourth-order valence-electron chi connectivity index (χ4n) is 3.93. The van der Waals surface area contributed by atoms with Gasteiger partial charge in [0.15, 0.2) is 0 Å². The third-order valence-corrected chi connectivity index (χ3v) is 5.39. The van der Waals surface area contributed by atoms with Crippen LogP contribution in [0.4, 0.5) is 0 Å². The number of hydrogen-bond donors (Lipinski definition) is 0. The summed E-state index contributed by atoms with van der Waals surface area (Å²) >= 11 is 0. The Morgan fingerprint density at radius 3 is 2.88 bits per heavy atom. The molecule has 6 nitrogen and oxygen atoms in total. The zero-order valence-corrected chi connectivity index (χ0v) is 14.6. The van der Waals surface area contributed by atoms with Crippen molar-refractivity contribution >= 4 is 5.91 Å². The predicted octanol–water partition coefficient (Wildman–Crippen LogP) is 2.26. The Labute approximate surface area is 147 Å². The van der Waals surface area contributed by atoms with Crippen LogP contribution < -0.4 is 4.74 Å². The molecule has 1 aromatic carbocycles. The second kappa shape index (κ2) is 6.86. The van der Waals surface area contributed by atoms with Gasteiger partial charge in [0, 0.05) is 25.6 Å². The quantitative estimate of drug-likeness (QED) is 0.860. The summed E-state index contributed by atoms with van der Waals surface area (Å²) in [4.78, 5) is 14.9. The maximum atomic E-state index is 12.9. The Bertz CT molecular complexity index is 749. The van der Waals surface area contributed by atoms with Crippen LogP contribution in [0, 0.1) is 5.92 Å². The number of para-hydroxylation sites is 1. The van der Waals surface area contributed by atoms with Gasteiger partial charge in [-0.1, -0.05) is 18.2 Å². The van der Waals surface area contributed by atoms with Gasteiger partial charge in [0.2, 0.25) is 5.91 Å². The smallest absolute Gasteiger partial charge is 0.229 e. The van der Waals surface area contributed by atoms with Gasteiger partial charge in [-0.2, -0.15) is 0 Å². The lowest BCUT2D eigenvalue weighted by Gasteiger charge is -2.35. The van der Waals surface area contributed by atoms with E-state index in [4.69, 9.17) is 4.74 Å². The van der Waals surface area contributed by atoms with Gasteiger partial charge < -0.3 is 14.2 Å². The Hall–Kier alpha value is -2.37. The Kier molecular flexibility index (Phi) is 4.42. The van der Waals surface area contributed by atoms with E-state index in [1.165, 1.54) is 0 Å². The molecule has 0 saturated carbocycles. The summed E-state index contributed by atoms with van der Waals surface area (Å²) in [6, 6.07) is 8.01. The van der Waals surface area contributed by atoms with E-state index in [1.807, 2.05) is 23.1 Å². The molecule has 1 amide bonds. The number of amides is 1. The second-order valence-electron chi connectivity index (χ2n) is 6.89. The van der Waals surface area contributed by atoms with E-state index in [-0.39, 0.29) is 11.8 Å². The average Bonchev–Trinajstić information content (AvgIpc) is 3.16. The van der Waals surface area contributed by atoms with E-state index in [0.717, 1.165) is 56.0 Å². The molecule has 2 aromatic rings. The summed E-state index contributed by atoms with van der Waals surface area (Å²) in [5.74, 6) is 2.54. The first-order chi connectivity index (χ1) is 12.3. The minimum atomic E-state index is -0.0641. The summed E-state index contributed by atoms with van der Waals surface area (Å²) in [7, 11) is 0. The molecule has 0 aliphatic carbocycles. The Morgan fingerprint density at radius 1 is 1.28 bits per heavy atom. The van der Waals surface area contributed by atoms with Crippen molar-refractivity contribution < 1.29 is 9.53 Å². The number of aryl methyl sites for hydroxylation is 1. The first-order valence-corrected chi connectivity index (χ1v) is 9.13. The number of carbonyl (C=O) groups is 1. The number of hydrogen-bond acceptors (Lipinski definition) is 4. The zero-order chi connectivity index (χ0) is 17.2. The van der Waals surface area contributed by atoms with Gasteiger partial charge in [0.25, 0.3) is 0 Å². The lowest BCUT2D eigenvalue weighted by Crippen LogP contribution is -2.44. The van der Waals surface area contributed by atoms with Crippen LogP contribution in [0.1, 0.15) is 37.1 Å². The first kappa shape index (κ1) is 16.1. The average molecular weight is 340 g/mol. The van der Waals surface area contributed by atoms with E-state index in [0.29, 0.717) is 12.5 Å². The zero-order valence-electron chi connectivity index (χ0n) is 14.6. The number of fused-ring (bicyclic) bond motifs is 1. The molecule has 6 heteroatoms. The highest BCUT2D eigenvalue weighted by atomic mass is 16.5. The molecule has 4 rings (SSSR count). The van der Waals surface area contributed by atoms with E-state index in [9.17, 15) is 4.79 Å². The van der Waals surface area contributed by atoms with E-state index < -0.39 is 0 Å². The molecule has 3 heterocycles. The van der Waals surface area contributed by atoms with Crippen LogP contribution in [-0.2, 0) is 17.8 Å². The molecule has 0 spiro atoms. The Morgan fingerprint density at radius 2 is 2.08 bits per heavy atom. The van der Waals surface area contributed by atoms with Gasteiger partial charge in [0.05, 0.1) is 5.92 Å². The summed E-state index contributed by atoms with van der Waals surface area (Å²) in [5, 5.41) is 8.32. The summed E-state index contributed by atoms with van der Waals surface area (Å²) in [5.41, 5.74) is 1.14. The molecule has 0 radical (unpaired) electrons. The molecule has 0 bridgehead atoms. The predicted molar refractivity (Wildman–Crippen MR) is 93.4 cm³/mol. The molecule has 25 heavy (non-hydrogen) atoms. The van der Waals surface area contributed by atoms with Crippen molar-refractivity contribution in [2.24, 2.45) is 5.92 Å². The van der Waals surface area contributed by atoms with E-state index in [2.05, 4.69) is 27.8 Å². The fourth-order valence-corrected chi connectivity index (χ4v) is 3.93. The lowest BCUT2D eigenvalue weighted by atomic mass is 9.92. The minimum Gasteiger partial charge on any atom is -0.492 e. The highest BCUT2D eigenvalue weighted by molar-refractivity contribution is 5.80. The number of ether oxygens (including phenoxy) is 1. The van der Waals surface area contributed by atoms with Crippen LogP contribution in [0.3, 0.4) is 0 Å². The monoisotopic (exact) mass is 340 g/mol. The van der Waals surface area contributed by atoms with Crippen molar-refractivity contribution in [3.05, 3.63) is 42.0 Å². The van der Waals surface area contributed by atoms with Crippen LogP contribution in [0.2, 0.25) is 0 Å². The normalized spacial score (nSPS) is 20.8. The van der Waals surface area contributed by atoms with Gasteiger partial charge in [0.1, 0.15) is 24.5 Å². The van der Waals surface area contributed by atoms with Crippen molar-refractivity contribution in [2.75, 3.05) is 19.7 Å². The third-order valence-electron chi connectivity index (χ3n) is 5.39. The number of carbonyl (C=O) groups excluding carboxylic acids is 1. The maximum Gasteiger partial charge on any atom is 0.229 e. The molecule has 2 aliphatic rings. The van der Waals surface area contributed by atoms with E-state index in [1.54, 1.807) is 6.33 Å². The van der Waals surface area contributed by atoms with Gasteiger partial charge in [-0.15, -0.1) is 10.2 Å². The molecule has 1 fully saturated rings. The summed E-state index contributed by atoms with van der Waals surface area (Å²) in [6.45, 7) is 5.06. The number of aromatic nitrogens is 3. The maximum absolute atomic E-state index is 12.9. The minimum absolute atomic E-state index is 0.0641. The molecule has 2 aliphatic heterocycles. The van der Waals surface area contributed by atoms with Gasteiger partial charge in [-0.3, -0.25) is 4.79 Å². The molecule has 0 unspecified atom stereocenters. The van der Waals surface area contributed by atoms with Crippen LogP contribution in [0.15, 0.2) is 30.6 Å². The highest BCUT2D eigenvalue weighted by Gasteiger charge is 2.32. The van der Waals surface area contributed by atoms with Crippen molar-refractivity contribution in [1.82, 2.24) is 19.7 Å². The standard InChI is InChI=1S/C19H24N4O2/c1-2-22-13-20-21-18(22)14-7-9-23(10-8-14)19(24)16-11-15-5-3-4-6-17(15)25-12-16/h3-6,13-14,16H,2,7-12H2,1H3/t16-/m0/s1. The number of benzene rings is 1. The topological polar surface area (TPSA) is 60.2 Å². The molecule has 0 N–H and O–H groups in total. The SMILES string of the molecule is CCn1cnnc1C1CCN(C(=O)[C@@H]2COc3ccccc3C2)CC1. The van der Waals surface area contributed by atoms with Crippen LogP contribution in [0.5, 0.6) is 5.75 Å².